The zero-order valence-corrected chi connectivity index (χ0v) is 8.77. The summed E-state index contributed by atoms with van der Waals surface area (Å²) in [7, 11) is 0. The molecule has 1 aliphatic heterocycles. The number of hydrogen-bond donors (Lipinski definition) is 0. The van der Waals surface area contributed by atoms with Crippen molar-refractivity contribution >= 4 is 11.5 Å². The largest absolute Gasteiger partial charge is 0.367 e. The van der Waals surface area contributed by atoms with Crippen molar-refractivity contribution in [1.82, 2.24) is 10.2 Å². The molecule has 0 aliphatic carbocycles. The first-order chi connectivity index (χ1) is 6.86. The number of fused-ring (bicyclic) bond motifs is 1. The van der Waals surface area contributed by atoms with E-state index in [1.54, 1.807) is 6.20 Å². The minimum atomic E-state index is 1.00. The van der Waals surface area contributed by atoms with E-state index in [4.69, 9.17) is 0 Å². The third-order valence-corrected chi connectivity index (χ3v) is 2.72. The monoisotopic (exact) mass is 192 g/mol. The van der Waals surface area contributed by atoms with E-state index in [1.807, 2.05) is 6.07 Å². The smallest absolute Gasteiger partial charge is 0.174 e. The fourth-order valence-corrected chi connectivity index (χ4v) is 1.89. The van der Waals surface area contributed by atoms with E-state index in [1.165, 1.54) is 5.69 Å². The van der Waals surface area contributed by atoms with Crippen molar-refractivity contribution in [1.29, 1.82) is 0 Å². The maximum atomic E-state index is 4.20. The minimum Gasteiger partial charge on any atom is -0.367 e. The fourth-order valence-electron chi connectivity index (χ4n) is 1.89. The van der Waals surface area contributed by atoms with Gasteiger partial charge in [0.05, 0.1) is 11.9 Å². The second-order valence-corrected chi connectivity index (χ2v) is 3.40. The first-order valence-electron chi connectivity index (χ1n) is 5.18. The van der Waals surface area contributed by atoms with Crippen molar-refractivity contribution in [2.75, 3.05) is 36.0 Å². The molecule has 0 bridgehead atoms. The number of hydrogen-bond acceptors (Lipinski definition) is 4. The molecule has 14 heavy (non-hydrogen) atoms. The van der Waals surface area contributed by atoms with Gasteiger partial charge < -0.3 is 9.80 Å². The molecule has 0 saturated carbocycles. The van der Waals surface area contributed by atoms with Crippen LogP contribution >= 0.6 is 0 Å². The van der Waals surface area contributed by atoms with E-state index in [9.17, 15) is 0 Å². The molecule has 1 aromatic heterocycles. The Morgan fingerprint density at radius 3 is 2.64 bits per heavy atom. The number of rotatable bonds is 2. The molecule has 2 rings (SSSR count). The zero-order chi connectivity index (χ0) is 9.97. The molecule has 0 aromatic carbocycles. The molecule has 0 unspecified atom stereocenters. The third-order valence-electron chi connectivity index (χ3n) is 2.72. The molecule has 1 aromatic rings. The van der Waals surface area contributed by atoms with E-state index in [0.29, 0.717) is 0 Å². The highest BCUT2D eigenvalue weighted by atomic mass is 15.3. The minimum absolute atomic E-state index is 1.00. The lowest BCUT2D eigenvalue weighted by Crippen LogP contribution is -2.41. The van der Waals surface area contributed by atoms with Gasteiger partial charge in [-0.25, -0.2) is 0 Å². The SMILES string of the molecule is CCN1CCN(CC)c2nnccc21. The summed E-state index contributed by atoms with van der Waals surface area (Å²) >= 11 is 0. The summed E-state index contributed by atoms with van der Waals surface area (Å²) in [6, 6.07) is 2.05. The first kappa shape index (κ1) is 9.24. The highest BCUT2D eigenvalue weighted by Gasteiger charge is 2.21. The molecular weight excluding hydrogens is 176 g/mol. The molecule has 76 valence electrons. The summed E-state index contributed by atoms with van der Waals surface area (Å²) in [5.74, 6) is 1.03. The second kappa shape index (κ2) is 3.82. The first-order valence-corrected chi connectivity index (χ1v) is 5.18. The Kier molecular flexibility index (Phi) is 2.52. The highest BCUT2D eigenvalue weighted by Crippen LogP contribution is 2.28. The van der Waals surface area contributed by atoms with E-state index in [2.05, 4.69) is 33.8 Å². The summed E-state index contributed by atoms with van der Waals surface area (Å²) in [4.78, 5) is 4.62. The van der Waals surface area contributed by atoms with Crippen LogP contribution in [0.4, 0.5) is 11.5 Å². The highest BCUT2D eigenvalue weighted by molar-refractivity contribution is 5.68. The average Bonchev–Trinajstić information content (AvgIpc) is 2.27. The van der Waals surface area contributed by atoms with Crippen molar-refractivity contribution in [3.8, 4) is 0 Å². The molecule has 4 heteroatoms. The standard InChI is InChI=1S/C10H16N4/c1-3-13-7-8-14(4-2)10-9(13)5-6-11-12-10/h5-6H,3-4,7-8H2,1-2H3. The van der Waals surface area contributed by atoms with Crippen molar-refractivity contribution in [2.24, 2.45) is 0 Å². The summed E-state index contributed by atoms with van der Waals surface area (Å²) in [6.07, 6.45) is 1.76. The van der Waals surface area contributed by atoms with Crippen molar-refractivity contribution in [3.63, 3.8) is 0 Å². The Labute approximate surface area is 84.5 Å². The van der Waals surface area contributed by atoms with Gasteiger partial charge in [0.25, 0.3) is 0 Å². The molecule has 0 atom stereocenters. The van der Waals surface area contributed by atoms with Crippen LogP contribution in [-0.4, -0.2) is 36.4 Å². The molecule has 0 fully saturated rings. The van der Waals surface area contributed by atoms with Crippen LogP contribution in [-0.2, 0) is 0 Å². The summed E-state index contributed by atoms with van der Waals surface area (Å²) in [6.45, 7) is 8.50. The Morgan fingerprint density at radius 2 is 1.93 bits per heavy atom. The van der Waals surface area contributed by atoms with Crippen molar-refractivity contribution in [3.05, 3.63) is 12.3 Å². The lowest BCUT2D eigenvalue weighted by Gasteiger charge is -2.36. The van der Waals surface area contributed by atoms with Gasteiger partial charge in [0, 0.05) is 26.2 Å². The second-order valence-electron chi connectivity index (χ2n) is 3.40. The summed E-state index contributed by atoms with van der Waals surface area (Å²) in [5.41, 5.74) is 1.22. The van der Waals surface area contributed by atoms with Crippen LogP contribution in [0.25, 0.3) is 0 Å². The Morgan fingerprint density at radius 1 is 1.21 bits per heavy atom. The van der Waals surface area contributed by atoms with Crippen molar-refractivity contribution in [2.45, 2.75) is 13.8 Å². The topological polar surface area (TPSA) is 32.3 Å². The molecule has 0 N–H and O–H groups in total. The van der Waals surface area contributed by atoms with Gasteiger partial charge in [-0.15, -0.1) is 5.10 Å². The lowest BCUT2D eigenvalue weighted by molar-refractivity contribution is 0.701. The van der Waals surface area contributed by atoms with Crippen LogP contribution in [0.15, 0.2) is 12.3 Å². The van der Waals surface area contributed by atoms with Gasteiger partial charge in [-0.05, 0) is 19.9 Å². The zero-order valence-electron chi connectivity index (χ0n) is 8.77. The Hall–Kier alpha value is -1.32. The summed E-state index contributed by atoms with van der Waals surface area (Å²) in [5, 5.41) is 8.15. The van der Waals surface area contributed by atoms with Gasteiger partial charge in [-0.3, -0.25) is 0 Å². The number of nitrogens with zero attached hydrogens (tertiary/aromatic N) is 4. The van der Waals surface area contributed by atoms with Gasteiger partial charge in [-0.2, -0.15) is 5.10 Å². The molecule has 0 radical (unpaired) electrons. The van der Waals surface area contributed by atoms with E-state index < -0.39 is 0 Å². The van der Waals surface area contributed by atoms with Crippen LogP contribution in [0.1, 0.15) is 13.8 Å². The third kappa shape index (κ3) is 1.41. The van der Waals surface area contributed by atoms with Gasteiger partial charge in [0.15, 0.2) is 5.82 Å². The lowest BCUT2D eigenvalue weighted by atomic mass is 10.2. The van der Waals surface area contributed by atoms with Crippen LogP contribution in [0.5, 0.6) is 0 Å². The maximum Gasteiger partial charge on any atom is 0.174 e. The van der Waals surface area contributed by atoms with Gasteiger partial charge >= 0.3 is 0 Å². The van der Waals surface area contributed by atoms with E-state index in [0.717, 1.165) is 32.0 Å². The maximum absolute atomic E-state index is 4.20. The summed E-state index contributed by atoms with van der Waals surface area (Å²) < 4.78 is 0. The molecule has 1 aliphatic rings. The average molecular weight is 192 g/mol. The van der Waals surface area contributed by atoms with Gasteiger partial charge in [0.2, 0.25) is 0 Å². The van der Waals surface area contributed by atoms with Crippen LogP contribution in [0.3, 0.4) is 0 Å². The number of aromatic nitrogens is 2. The van der Waals surface area contributed by atoms with E-state index >= 15 is 0 Å². The molecule has 0 amide bonds. The molecular formula is C10H16N4. The number of likely N-dealkylation sites (N-methyl/N-ethyl adjacent to an activating group) is 2. The molecule has 0 saturated heterocycles. The van der Waals surface area contributed by atoms with Crippen molar-refractivity contribution < 1.29 is 0 Å². The van der Waals surface area contributed by atoms with Gasteiger partial charge in [0.1, 0.15) is 0 Å². The van der Waals surface area contributed by atoms with Crippen LogP contribution in [0, 0.1) is 0 Å². The Bertz CT molecular complexity index is 282. The molecule has 0 spiro atoms. The Balaban J connectivity index is 2.38. The predicted molar refractivity (Wildman–Crippen MR) is 57.8 cm³/mol. The molecule has 2 heterocycles. The van der Waals surface area contributed by atoms with Crippen LogP contribution in [0.2, 0.25) is 0 Å². The fraction of sp³-hybridized carbons (Fsp3) is 0.600. The van der Waals surface area contributed by atoms with E-state index in [-0.39, 0.29) is 0 Å². The molecule has 4 nitrogen and oxygen atoms in total. The van der Waals surface area contributed by atoms with Gasteiger partial charge in [-0.1, -0.05) is 0 Å². The normalized spacial score (nSPS) is 15.6. The number of anilines is 2. The van der Waals surface area contributed by atoms with Crippen LogP contribution < -0.4 is 9.80 Å². The quantitative estimate of drug-likeness (QED) is 0.703. The predicted octanol–water partition coefficient (Wildman–Crippen LogP) is 1.14.